The number of hydrogen-bond donors (Lipinski definition) is 2. The van der Waals surface area contributed by atoms with Crippen LogP contribution in [0.1, 0.15) is 34.7 Å². The SMILES string of the molecule is CS(=O)(=O)N1CCN(C(=O)C(CCN[C@@H]2C[C@H]2c2ccc(F)cc2)NC(=O)c2cccc(-c3ccccc3)c2)CC1. The normalized spacial score (nSPS) is 19.9. The highest BCUT2D eigenvalue weighted by Crippen LogP contribution is 2.40. The van der Waals surface area contributed by atoms with E-state index in [2.05, 4.69) is 10.6 Å². The number of amides is 2. The summed E-state index contributed by atoms with van der Waals surface area (Å²) < 4.78 is 38.5. The molecule has 1 heterocycles. The molecule has 3 aromatic carbocycles. The van der Waals surface area contributed by atoms with Crippen LogP contribution in [-0.2, 0) is 14.8 Å². The number of rotatable bonds is 10. The molecule has 1 aliphatic heterocycles. The van der Waals surface area contributed by atoms with Crippen molar-refractivity contribution in [3.8, 4) is 11.1 Å². The van der Waals surface area contributed by atoms with Gasteiger partial charge in [0.1, 0.15) is 11.9 Å². The van der Waals surface area contributed by atoms with E-state index < -0.39 is 16.1 Å². The minimum Gasteiger partial charge on any atom is -0.340 e. The molecule has 216 valence electrons. The molecule has 0 radical (unpaired) electrons. The van der Waals surface area contributed by atoms with E-state index in [4.69, 9.17) is 0 Å². The van der Waals surface area contributed by atoms with Crippen molar-refractivity contribution < 1.29 is 22.4 Å². The Balaban J connectivity index is 1.24. The zero-order valence-corrected chi connectivity index (χ0v) is 23.8. The standard InChI is InChI=1S/C31H35FN4O4S/c1-41(39,40)36-18-16-35(17-19-36)31(38)28(14-15-33-29-21-27(29)23-10-12-26(32)13-11-23)34-30(37)25-9-5-8-24(20-25)22-6-3-2-4-7-22/h2-13,20,27-29,33H,14-19,21H2,1H3,(H,34,37)/t27-,28?,29+/m0/s1. The Morgan fingerprint density at radius 3 is 2.29 bits per heavy atom. The number of nitrogens with zero attached hydrogens (tertiary/aromatic N) is 2. The van der Waals surface area contributed by atoms with E-state index >= 15 is 0 Å². The third kappa shape index (κ3) is 7.38. The first kappa shape index (κ1) is 28.9. The van der Waals surface area contributed by atoms with Crippen LogP contribution in [0.4, 0.5) is 4.39 Å². The predicted molar refractivity (Wildman–Crippen MR) is 156 cm³/mol. The molecule has 10 heteroatoms. The zero-order chi connectivity index (χ0) is 29.0. The maximum atomic E-state index is 13.6. The lowest BCUT2D eigenvalue weighted by molar-refractivity contribution is -0.134. The van der Waals surface area contributed by atoms with E-state index in [1.165, 1.54) is 22.7 Å². The van der Waals surface area contributed by atoms with Crippen molar-refractivity contribution >= 4 is 21.8 Å². The first-order chi connectivity index (χ1) is 19.7. The summed E-state index contributed by atoms with van der Waals surface area (Å²) in [5.74, 6) is -0.531. The fourth-order valence-corrected chi connectivity index (χ4v) is 6.17. The van der Waals surface area contributed by atoms with Gasteiger partial charge >= 0.3 is 0 Å². The van der Waals surface area contributed by atoms with Gasteiger partial charge in [0.15, 0.2) is 0 Å². The monoisotopic (exact) mass is 578 g/mol. The number of benzene rings is 3. The van der Waals surface area contributed by atoms with E-state index in [-0.39, 0.29) is 49.9 Å². The first-order valence-electron chi connectivity index (χ1n) is 13.9. The Kier molecular flexibility index (Phi) is 8.82. The smallest absolute Gasteiger partial charge is 0.251 e. The molecule has 2 fully saturated rings. The average Bonchev–Trinajstić information content (AvgIpc) is 3.76. The summed E-state index contributed by atoms with van der Waals surface area (Å²) in [6.07, 6.45) is 2.47. The van der Waals surface area contributed by atoms with Crippen LogP contribution in [0.2, 0.25) is 0 Å². The molecular formula is C31H35FN4O4S. The van der Waals surface area contributed by atoms with Crippen molar-refractivity contribution in [2.45, 2.75) is 30.8 Å². The molecule has 1 aliphatic carbocycles. The van der Waals surface area contributed by atoms with Gasteiger partial charge in [-0.1, -0.05) is 54.6 Å². The Bertz CT molecular complexity index is 1480. The topological polar surface area (TPSA) is 98.8 Å². The van der Waals surface area contributed by atoms with Gasteiger partial charge in [-0.25, -0.2) is 12.8 Å². The highest BCUT2D eigenvalue weighted by atomic mass is 32.2. The third-order valence-electron chi connectivity index (χ3n) is 7.78. The van der Waals surface area contributed by atoms with Crippen LogP contribution in [0.3, 0.4) is 0 Å². The molecule has 41 heavy (non-hydrogen) atoms. The Labute approximate surface area is 240 Å². The highest BCUT2D eigenvalue weighted by Gasteiger charge is 2.38. The molecule has 3 aromatic rings. The third-order valence-corrected chi connectivity index (χ3v) is 9.09. The van der Waals surface area contributed by atoms with Crippen LogP contribution in [-0.4, -0.2) is 80.5 Å². The number of sulfonamides is 1. The number of nitrogens with one attached hydrogen (secondary N) is 2. The summed E-state index contributed by atoms with van der Waals surface area (Å²) in [7, 11) is -3.33. The lowest BCUT2D eigenvalue weighted by atomic mass is 10.0. The van der Waals surface area contributed by atoms with Crippen LogP contribution >= 0.6 is 0 Å². The van der Waals surface area contributed by atoms with Crippen molar-refractivity contribution in [3.05, 3.63) is 95.8 Å². The van der Waals surface area contributed by atoms with E-state index in [1.54, 1.807) is 23.1 Å². The lowest BCUT2D eigenvalue weighted by Gasteiger charge is -2.35. The van der Waals surface area contributed by atoms with E-state index in [0.29, 0.717) is 24.4 Å². The van der Waals surface area contributed by atoms with Gasteiger partial charge in [-0.3, -0.25) is 9.59 Å². The molecule has 3 atom stereocenters. The average molecular weight is 579 g/mol. The summed E-state index contributed by atoms with van der Waals surface area (Å²) in [4.78, 5) is 28.6. The maximum Gasteiger partial charge on any atom is 0.251 e. The fraction of sp³-hybridized carbons (Fsp3) is 0.355. The number of hydrogen-bond acceptors (Lipinski definition) is 5. The number of carbonyl (C=O) groups excluding carboxylic acids is 2. The minimum absolute atomic E-state index is 0.224. The molecule has 1 saturated heterocycles. The summed E-state index contributed by atoms with van der Waals surface area (Å²) >= 11 is 0. The summed E-state index contributed by atoms with van der Waals surface area (Å²) in [5, 5.41) is 6.43. The van der Waals surface area contributed by atoms with Gasteiger partial charge in [0.25, 0.3) is 5.91 Å². The minimum atomic E-state index is -3.33. The van der Waals surface area contributed by atoms with E-state index in [0.717, 1.165) is 23.1 Å². The van der Waals surface area contributed by atoms with Gasteiger partial charge in [-0.15, -0.1) is 0 Å². The highest BCUT2D eigenvalue weighted by molar-refractivity contribution is 7.88. The lowest BCUT2D eigenvalue weighted by Crippen LogP contribution is -2.56. The summed E-state index contributed by atoms with van der Waals surface area (Å²) in [6, 6.07) is 23.0. The largest absolute Gasteiger partial charge is 0.340 e. The number of piperazine rings is 1. The first-order valence-corrected chi connectivity index (χ1v) is 15.7. The van der Waals surface area contributed by atoms with Crippen LogP contribution in [0.15, 0.2) is 78.9 Å². The van der Waals surface area contributed by atoms with Crippen molar-refractivity contribution in [2.24, 2.45) is 0 Å². The zero-order valence-electron chi connectivity index (χ0n) is 23.0. The maximum absolute atomic E-state index is 13.6. The molecular weight excluding hydrogens is 543 g/mol. The molecule has 2 N–H and O–H groups in total. The van der Waals surface area contributed by atoms with Crippen molar-refractivity contribution in [2.75, 3.05) is 39.0 Å². The predicted octanol–water partition coefficient (Wildman–Crippen LogP) is 3.23. The molecule has 0 aromatic heterocycles. The van der Waals surface area contributed by atoms with E-state index in [1.807, 2.05) is 48.5 Å². The summed E-state index contributed by atoms with van der Waals surface area (Å²) in [5.41, 5.74) is 3.42. The molecule has 2 amide bonds. The van der Waals surface area contributed by atoms with Gasteiger partial charge in [0.2, 0.25) is 15.9 Å². The van der Waals surface area contributed by atoms with Crippen LogP contribution in [0.25, 0.3) is 11.1 Å². The molecule has 0 bridgehead atoms. The number of halogens is 1. The summed E-state index contributed by atoms with van der Waals surface area (Å²) in [6.45, 7) is 1.50. The van der Waals surface area contributed by atoms with Crippen molar-refractivity contribution in [3.63, 3.8) is 0 Å². The molecule has 2 aliphatic rings. The Morgan fingerprint density at radius 1 is 0.927 bits per heavy atom. The Hall–Kier alpha value is -3.60. The fourth-order valence-electron chi connectivity index (χ4n) is 5.34. The molecule has 8 nitrogen and oxygen atoms in total. The quantitative estimate of drug-likeness (QED) is 0.385. The molecule has 1 unspecified atom stereocenters. The molecule has 1 saturated carbocycles. The number of carbonyl (C=O) groups is 2. The Morgan fingerprint density at radius 2 is 1.61 bits per heavy atom. The van der Waals surface area contributed by atoms with Gasteiger partial charge in [0, 0.05) is 43.7 Å². The van der Waals surface area contributed by atoms with E-state index in [9.17, 15) is 22.4 Å². The van der Waals surface area contributed by atoms with Crippen LogP contribution in [0.5, 0.6) is 0 Å². The van der Waals surface area contributed by atoms with Crippen LogP contribution in [0, 0.1) is 5.82 Å². The second-order valence-corrected chi connectivity index (χ2v) is 12.7. The van der Waals surface area contributed by atoms with Gasteiger partial charge in [-0.2, -0.15) is 4.31 Å². The molecule has 5 rings (SSSR count). The van der Waals surface area contributed by atoms with Gasteiger partial charge in [-0.05, 0) is 60.3 Å². The van der Waals surface area contributed by atoms with Gasteiger partial charge < -0.3 is 15.5 Å². The second-order valence-electron chi connectivity index (χ2n) is 10.7. The van der Waals surface area contributed by atoms with Crippen molar-refractivity contribution in [1.82, 2.24) is 19.8 Å². The van der Waals surface area contributed by atoms with Crippen LogP contribution < -0.4 is 10.6 Å². The van der Waals surface area contributed by atoms with Gasteiger partial charge in [0.05, 0.1) is 6.26 Å². The molecule has 0 spiro atoms. The van der Waals surface area contributed by atoms with Crippen molar-refractivity contribution in [1.29, 1.82) is 0 Å². The second kappa shape index (κ2) is 12.5.